The van der Waals surface area contributed by atoms with Crippen LogP contribution in [0.15, 0.2) is 346 Å². The van der Waals surface area contributed by atoms with Gasteiger partial charge < -0.3 is 18.3 Å². The van der Waals surface area contributed by atoms with Crippen LogP contribution >= 0.6 is 0 Å². The SMILES string of the molecule is c1ccc(-n2ccc3cc4c(cc32)c2ccccc2n4-c2ccc(-c3nc(-c4ccc(-c5ccccn5)cc4)c4ccccc4n3)cc2)cc1.c1ccc(-n2ccc3cc4c(cc32)c2ccccc2n4-c2ccc(-c3nc(-c4ccc(-c5ncccn5)cc4)c4ccccc4n3)cc2)cc1. The van der Waals surface area contributed by atoms with E-state index >= 15 is 0 Å². The molecule has 8 aromatic heterocycles. The molecule has 12 aromatic carbocycles. The Morgan fingerprint density at radius 1 is 0.220 bits per heavy atom. The average molecular weight is 1280 g/mol. The zero-order chi connectivity index (χ0) is 66.0. The van der Waals surface area contributed by atoms with Crippen molar-refractivity contribution in [3.63, 3.8) is 0 Å². The van der Waals surface area contributed by atoms with Crippen molar-refractivity contribution >= 4 is 87.2 Å². The van der Waals surface area contributed by atoms with Crippen LogP contribution in [0, 0.1) is 0 Å². The van der Waals surface area contributed by atoms with Crippen molar-refractivity contribution in [2.75, 3.05) is 0 Å². The van der Waals surface area contributed by atoms with E-state index in [0.29, 0.717) is 17.5 Å². The van der Waals surface area contributed by atoms with Crippen LogP contribution in [0.3, 0.4) is 0 Å². The smallest absolute Gasteiger partial charge is 0.160 e. The number of hydrogen-bond acceptors (Lipinski definition) is 7. The van der Waals surface area contributed by atoms with Crippen LogP contribution in [0.4, 0.5) is 0 Å². The lowest BCUT2D eigenvalue weighted by molar-refractivity contribution is 1.13. The average Bonchev–Trinajstić information content (AvgIpc) is 1.58. The van der Waals surface area contributed by atoms with E-state index in [1.54, 1.807) is 12.4 Å². The number of hydrogen-bond donors (Lipinski definition) is 0. The highest BCUT2D eigenvalue weighted by molar-refractivity contribution is 6.15. The van der Waals surface area contributed by atoms with E-state index < -0.39 is 0 Å². The molecule has 0 saturated heterocycles. The van der Waals surface area contributed by atoms with Crippen molar-refractivity contribution in [2.24, 2.45) is 0 Å². The molecule has 468 valence electrons. The van der Waals surface area contributed by atoms with Gasteiger partial charge in [0.2, 0.25) is 0 Å². The summed E-state index contributed by atoms with van der Waals surface area (Å²) in [7, 11) is 0. The summed E-state index contributed by atoms with van der Waals surface area (Å²) in [6.07, 6.45) is 9.66. The zero-order valence-corrected chi connectivity index (χ0v) is 53.8. The Morgan fingerprint density at radius 3 is 1.08 bits per heavy atom. The van der Waals surface area contributed by atoms with Crippen molar-refractivity contribution < 1.29 is 0 Å². The first-order chi connectivity index (χ1) is 49.6. The van der Waals surface area contributed by atoms with Crippen molar-refractivity contribution in [1.82, 2.24) is 53.2 Å². The predicted molar refractivity (Wildman–Crippen MR) is 407 cm³/mol. The van der Waals surface area contributed by atoms with Crippen LogP contribution in [0.1, 0.15) is 0 Å². The minimum Gasteiger partial charge on any atom is -0.317 e. The molecule has 0 N–H and O–H groups in total. The van der Waals surface area contributed by atoms with E-state index in [4.69, 9.17) is 19.9 Å². The van der Waals surface area contributed by atoms with E-state index in [1.165, 1.54) is 65.4 Å². The van der Waals surface area contributed by atoms with E-state index in [-0.39, 0.29) is 0 Å². The molecule has 11 nitrogen and oxygen atoms in total. The molecule has 0 aliphatic heterocycles. The first-order valence-electron chi connectivity index (χ1n) is 33.4. The molecule has 0 fully saturated rings. The maximum atomic E-state index is 5.16. The van der Waals surface area contributed by atoms with Gasteiger partial charge in [0.1, 0.15) is 0 Å². The number of pyridine rings is 1. The molecule has 0 saturated carbocycles. The van der Waals surface area contributed by atoms with Crippen LogP contribution in [0.25, 0.3) is 178 Å². The Balaban J connectivity index is 0.000000139. The molecule has 0 bridgehead atoms. The summed E-state index contributed by atoms with van der Waals surface area (Å²) in [5.41, 5.74) is 22.1. The third-order valence-electron chi connectivity index (χ3n) is 19.1. The first-order valence-corrected chi connectivity index (χ1v) is 33.4. The lowest BCUT2D eigenvalue weighted by Gasteiger charge is -2.12. The molecular weight excluding hydrogens is 1220 g/mol. The van der Waals surface area contributed by atoms with Gasteiger partial charge in [-0.3, -0.25) is 4.98 Å². The molecule has 20 aromatic rings. The first kappa shape index (κ1) is 57.7. The van der Waals surface area contributed by atoms with Gasteiger partial charge >= 0.3 is 0 Å². The topological polar surface area (TPSA) is 110 Å². The number of nitrogens with zero attached hydrogens (tertiary/aromatic N) is 11. The van der Waals surface area contributed by atoms with Crippen molar-refractivity contribution in [3.8, 4) is 90.7 Å². The fourth-order valence-electron chi connectivity index (χ4n) is 14.3. The summed E-state index contributed by atoms with van der Waals surface area (Å²) in [6, 6.07) is 110. The molecule has 0 aliphatic rings. The van der Waals surface area contributed by atoms with Gasteiger partial charge in [-0.15, -0.1) is 0 Å². The summed E-state index contributed by atoms with van der Waals surface area (Å²) >= 11 is 0. The molecule has 8 heterocycles. The van der Waals surface area contributed by atoms with E-state index in [9.17, 15) is 0 Å². The lowest BCUT2D eigenvalue weighted by atomic mass is 10.0. The number of benzene rings is 12. The number of fused-ring (bicyclic) bond motifs is 10. The summed E-state index contributed by atoms with van der Waals surface area (Å²) in [6.45, 7) is 0. The second-order valence-electron chi connectivity index (χ2n) is 25.0. The third kappa shape index (κ3) is 10.1. The van der Waals surface area contributed by atoms with Crippen LogP contribution in [-0.2, 0) is 0 Å². The summed E-state index contributed by atoms with van der Waals surface area (Å²) < 4.78 is 9.25. The van der Waals surface area contributed by atoms with Gasteiger partial charge in [0, 0.05) is 130 Å². The van der Waals surface area contributed by atoms with E-state index in [2.05, 4.69) is 300 Å². The van der Waals surface area contributed by atoms with Gasteiger partial charge in [-0.25, -0.2) is 29.9 Å². The Hall–Kier alpha value is -13.8. The second-order valence-corrected chi connectivity index (χ2v) is 25.0. The molecule has 0 spiro atoms. The summed E-state index contributed by atoms with van der Waals surface area (Å²) in [5, 5.41) is 9.33. The van der Waals surface area contributed by atoms with Crippen molar-refractivity contribution in [2.45, 2.75) is 0 Å². The molecule has 0 atom stereocenters. The zero-order valence-electron chi connectivity index (χ0n) is 53.8. The summed E-state index contributed by atoms with van der Waals surface area (Å²) in [5.74, 6) is 2.09. The van der Waals surface area contributed by atoms with Crippen molar-refractivity contribution in [3.05, 3.63) is 346 Å². The van der Waals surface area contributed by atoms with E-state index in [0.717, 1.165) is 95.0 Å². The molecule has 0 radical (unpaired) electrons. The Labute approximate surface area is 574 Å². The highest BCUT2D eigenvalue weighted by Crippen LogP contribution is 2.40. The molecule has 20 rings (SSSR count). The van der Waals surface area contributed by atoms with Gasteiger partial charge in [0.15, 0.2) is 17.5 Å². The van der Waals surface area contributed by atoms with Gasteiger partial charge in [0.05, 0.1) is 61.2 Å². The number of rotatable bonds is 10. The largest absolute Gasteiger partial charge is 0.317 e. The van der Waals surface area contributed by atoms with Crippen LogP contribution in [0.2, 0.25) is 0 Å². The second kappa shape index (κ2) is 24.2. The number of para-hydroxylation sites is 6. The predicted octanol–water partition coefficient (Wildman–Crippen LogP) is 21.5. The lowest BCUT2D eigenvalue weighted by Crippen LogP contribution is -1.97. The van der Waals surface area contributed by atoms with Gasteiger partial charge in [0.25, 0.3) is 0 Å². The van der Waals surface area contributed by atoms with Gasteiger partial charge in [-0.05, 0) is 152 Å². The number of aromatic nitrogens is 11. The molecule has 0 unspecified atom stereocenters. The van der Waals surface area contributed by atoms with E-state index in [1.807, 2.05) is 66.9 Å². The molecule has 11 heteroatoms. The van der Waals surface area contributed by atoms with Crippen LogP contribution in [-0.4, -0.2) is 53.2 Å². The summed E-state index contributed by atoms with van der Waals surface area (Å²) in [4.78, 5) is 33.7. The third-order valence-corrected chi connectivity index (χ3v) is 19.1. The molecule has 100 heavy (non-hydrogen) atoms. The maximum absolute atomic E-state index is 5.16. The van der Waals surface area contributed by atoms with Gasteiger partial charge in [-0.1, -0.05) is 164 Å². The Kier molecular flexibility index (Phi) is 13.9. The van der Waals surface area contributed by atoms with Crippen molar-refractivity contribution in [1.29, 1.82) is 0 Å². The molecule has 0 amide bonds. The van der Waals surface area contributed by atoms with Crippen LogP contribution in [0.5, 0.6) is 0 Å². The fourth-order valence-corrected chi connectivity index (χ4v) is 14.3. The highest BCUT2D eigenvalue weighted by Gasteiger charge is 2.20. The molecule has 0 aliphatic carbocycles. The van der Waals surface area contributed by atoms with Crippen LogP contribution < -0.4 is 0 Å². The van der Waals surface area contributed by atoms with Gasteiger partial charge in [-0.2, -0.15) is 0 Å². The maximum Gasteiger partial charge on any atom is 0.160 e. The Bertz CT molecular complexity index is 6070. The quantitative estimate of drug-likeness (QED) is 0.134. The molecular formula is C89H57N11. The standard InChI is InChI=1S/C45H29N5.C44H28N6/c1-2-10-34(11-3-1)49-27-25-33-28-43-38(29-42(33)49)36-12-5-7-16-41(36)50(43)35-23-21-32(22-24-35)45-47-40-15-6-4-13-37(40)44(48-45)31-19-17-30(18-20-31)39-14-8-9-26-46-39;1-2-9-33(10-3-1)49-26-23-32-27-41-37(28-40(32)49)35-11-5-7-14-39(35)50(41)34-21-19-31(20-22-34)44-47-38-13-6-4-12-36(38)42(48-44)29-15-17-30(18-16-29)43-45-24-8-25-46-43/h1-29H;1-28H. The minimum absolute atomic E-state index is 0.687. The highest BCUT2D eigenvalue weighted by atomic mass is 15.0. The minimum atomic E-state index is 0.687. The fraction of sp³-hybridized carbons (Fsp3) is 0. The normalized spacial score (nSPS) is 11.6. The monoisotopic (exact) mass is 1280 g/mol. The Morgan fingerprint density at radius 2 is 0.610 bits per heavy atom.